The summed E-state index contributed by atoms with van der Waals surface area (Å²) in [6.45, 7) is 0.886. The van der Waals surface area contributed by atoms with Crippen LogP contribution in [-0.2, 0) is 0 Å². The van der Waals surface area contributed by atoms with E-state index in [4.69, 9.17) is 5.21 Å². The third kappa shape index (κ3) is 7.05. The first-order valence-electron chi connectivity index (χ1n) is 5.79. The van der Waals surface area contributed by atoms with Gasteiger partial charge in [0.2, 0.25) is 5.78 Å². The molecule has 0 aromatic heterocycles. The molecule has 0 aliphatic rings. The summed E-state index contributed by atoms with van der Waals surface area (Å²) in [6.07, 6.45) is 0. The lowest BCUT2D eigenvalue weighted by Gasteiger charge is -2.23. The summed E-state index contributed by atoms with van der Waals surface area (Å²) in [5, 5.41) is 12.2. The number of carbonyl (C=O) groups excluding carboxylic acids is 1. The Morgan fingerprint density at radius 1 is 1.30 bits per heavy atom. The first-order valence-corrected chi connectivity index (χ1v) is 7.57. The molecule has 0 saturated heterocycles. The van der Waals surface area contributed by atoms with Gasteiger partial charge in [0.05, 0.1) is 27.7 Å². The molecule has 0 unspecified atom stereocenters. The maximum Gasteiger partial charge on any atom is 0.221 e. The second-order valence-electron chi connectivity index (χ2n) is 5.10. The van der Waals surface area contributed by atoms with Gasteiger partial charge in [-0.2, -0.15) is 0 Å². The van der Waals surface area contributed by atoms with E-state index in [9.17, 15) is 4.79 Å². The number of hydrogen-bond acceptors (Lipinski definition) is 4. The number of quaternary nitrogens is 1. The van der Waals surface area contributed by atoms with Gasteiger partial charge in [0, 0.05) is 15.8 Å². The van der Waals surface area contributed by atoms with Gasteiger partial charge in [-0.15, -0.1) is 0 Å². The first-order chi connectivity index (χ1) is 8.83. The van der Waals surface area contributed by atoms with E-state index in [1.807, 2.05) is 0 Å². The van der Waals surface area contributed by atoms with Crippen LogP contribution in [0.25, 0.3) is 0 Å². The van der Waals surface area contributed by atoms with E-state index in [0.29, 0.717) is 5.56 Å². The van der Waals surface area contributed by atoms with Crippen molar-refractivity contribution >= 4 is 38.5 Å². The van der Waals surface area contributed by atoms with E-state index >= 15 is 0 Å². The van der Waals surface area contributed by atoms with Crippen LogP contribution in [0.3, 0.4) is 0 Å². The highest BCUT2D eigenvalue weighted by molar-refractivity contribution is 9.10. The number of Topliss-reactive ketones (excluding diaryl/α,β-unsaturated/α-hetero) is 1. The summed E-state index contributed by atoms with van der Waals surface area (Å²) in [5.41, 5.74) is 0.522. The largest absolute Gasteiger partial charge is 1.00 e. The summed E-state index contributed by atoms with van der Waals surface area (Å²) in [4.78, 5) is 12.1. The van der Waals surface area contributed by atoms with Crippen molar-refractivity contribution in [1.29, 1.82) is 0 Å². The minimum atomic E-state index is -0.249. The zero-order valence-electron chi connectivity index (χ0n) is 11.6. The Labute approximate surface area is 149 Å². The first kappa shape index (κ1) is 19.9. The van der Waals surface area contributed by atoms with Crippen molar-refractivity contribution in [2.24, 2.45) is 5.16 Å². The Kier molecular flexibility index (Phi) is 8.96. The van der Waals surface area contributed by atoms with E-state index in [1.54, 1.807) is 24.3 Å². The van der Waals surface area contributed by atoms with E-state index in [2.05, 4.69) is 42.2 Å². The Morgan fingerprint density at radius 2 is 1.85 bits per heavy atom. The lowest BCUT2D eigenvalue weighted by Crippen LogP contribution is -3.00. The molecule has 112 valence electrons. The average Bonchev–Trinajstić information content (AvgIpc) is 2.33. The van der Waals surface area contributed by atoms with Crippen molar-refractivity contribution in [3.63, 3.8) is 0 Å². The monoisotopic (exact) mass is 472 g/mol. The van der Waals surface area contributed by atoms with Crippen LogP contribution >= 0.6 is 27.7 Å². The molecule has 0 aliphatic heterocycles. The maximum absolute atomic E-state index is 12.1. The number of rotatable bonds is 5. The molecular weight excluding hydrogens is 455 g/mol. The Balaban J connectivity index is 0.00000361. The SMILES string of the molecule is C[N+](C)(C)CCS/C(=N\O)C(=O)c1ccc(Br)cc1.[I-]. The summed E-state index contributed by atoms with van der Waals surface area (Å²) < 4.78 is 1.71. The molecule has 0 spiro atoms. The molecule has 0 amide bonds. The molecule has 20 heavy (non-hydrogen) atoms. The van der Waals surface area contributed by atoms with E-state index in [-0.39, 0.29) is 34.8 Å². The molecule has 0 aliphatic carbocycles. The lowest BCUT2D eigenvalue weighted by atomic mass is 10.1. The molecule has 4 nitrogen and oxygen atoms in total. The van der Waals surface area contributed by atoms with Gasteiger partial charge in [0.25, 0.3) is 0 Å². The number of hydrogen-bond donors (Lipinski definition) is 1. The van der Waals surface area contributed by atoms with Crippen LogP contribution in [0.1, 0.15) is 10.4 Å². The highest BCUT2D eigenvalue weighted by Gasteiger charge is 2.17. The number of halogens is 2. The van der Waals surface area contributed by atoms with Crippen molar-refractivity contribution in [3.8, 4) is 0 Å². The highest BCUT2D eigenvalue weighted by Crippen LogP contribution is 2.15. The molecule has 0 saturated carbocycles. The van der Waals surface area contributed by atoms with Crippen LogP contribution in [0, 0.1) is 0 Å². The number of ketones is 1. The van der Waals surface area contributed by atoms with E-state index < -0.39 is 0 Å². The molecule has 1 aromatic rings. The molecule has 1 aromatic carbocycles. The lowest BCUT2D eigenvalue weighted by molar-refractivity contribution is -0.867. The molecule has 0 heterocycles. The van der Waals surface area contributed by atoms with Crippen molar-refractivity contribution in [2.45, 2.75) is 0 Å². The summed E-state index contributed by atoms with van der Waals surface area (Å²) >= 11 is 4.59. The third-order valence-corrected chi connectivity index (χ3v) is 3.85. The predicted molar refractivity (Wildman–Crippen MR) is 83.1 cm³/mol. The molecule has 1 rings (SSSR count). The fraction of sp³-hybridized carbons (Fsp3) is 0.385. The Morgan fingerprint density at radius 3 is 2.30 bits per heavy atom. The quantitative estimate of drug-likeness (QED) is 0.123. The minimum Gasteiger partial charge on any atom is -1.00 e. The molecular formula is C13H18BrIN2O2S. The summed E-state index contributed by atoms with van der Waals surface area (Å²) in [7, 11) is 6.23. The van der Waals surface area contributed by atoms with Gasteiger partial charge in [0.15, 0.2) is 5.04 Å². The van der Waals surface area contributed by atoms with Gasteiger partial charge in [-0.3, -0.25) is 4.79 Å². The average molecular weight is 473 g/mol. The topological polar surface area (TPSA) is 49.7 Å². The second-order valence-corrected chi connectivity index (χ2v) is 7.10. The molecule has 0 atom stereocenters. The van der Waals surface area contributed by atoms with Gasteiger partial charge in [-0.05, 0) is 24.3 Å². The normalized spacial score (nSPS) is 11.9. The van der Waals surface area contributed by atoms with Crippen LogP contribution in [0.2, 0.25) is 0 Å². The van der Waals surface area contributed by atoms with E-state index in [0.717, 1.165) is 21.3 Å². The van der Waals surface area contributed by atoms with Gasteiger partial charge in [-0.25, -0.2) is 0 Å². The van der Waals surface area contributed by atoms with Crippen molar-refractivity contribution in [1.82, 2.24) is 0 Å². The highest BCUT2D eigenvalue weighted by atomic mass is 127. The fourth-order valence-electron chi connectivity index (χ4n) is 1.28. The number of carbonyl (C=O) groups is 1. The zero-order chi connectivity index (χ0) is 14.5. The zero-order valence-corrected chi connectivity index (χ0v) is 16.2. The number of nitrogens with zero attached hydrogens (tertiary/aromatic N) is 2. The van der Waals surface area contributed by atoms with Crippen LogP contribution in [0.4, 0.5) is 0 Å². The summed E-state index contributed by atoms with van der Waals surface area (Å²) in [6, 6.07) is 6.99. The molecule has 0 radical (unpaired) electrons. The van der Waals surface area contributed by atoms with Gasteiger partial charge < -0.3 is 33.7 Å². The van der Waals surface area contributed by atoms with Gasteiger partial charge in [-0.1, -0.05) is 32.8 Å². The van der Waals surface area contributed by atoms with Crippen molar-refractivity contribution in [3.05, 3.63) is 34.3 Å². The second kappa shape index (κ2) is 9.01. The predicted octanol–water partition coefficient (Wildman–Crippen LogP) is -0.137. The molecule has 0 bridgehead atoms. The van der Waals surface area contributed by atoms with Crippen LogP contribution in [0.15, 0.2) is 33.9 Å². The van der Waals surface area contributed by atoms with Gasteiger partial charge >= 0.3 is 0 Å². The van der Waals surface area contributed by atoms with E-state index in [1.165, 1.54) is 11.8 Å². The smallest absolute Gasteiger partial charge is 0.221 e. The standard InChI is InChI=1S/C13H17BrN2O2S.HI/c1-16(2,3)8-9-19-13(15-18)12(17)10-4-6-11(14)7-5-10;/h4-7H,8-9H2,1-3H3;1H. The van der Waals surface area contributed by atoms with Crippen molar-refractivity contribution in [2.75, 3.05) is 33.4 Å². The van der Waals surface area contributed by atoms with Crippen molar-refractivity contribution < 1.29 is 38.5 Å². The maximum atomic E-state index is 12.1. The molecule has 1 N–H and O–H groups in total. The van der Waals surface area contributed by atoms with Crippen LogP contribution in [-0.4, -0.2) is 54.0 Å². The third-order valence-electron chi connectivity index (χ3n) is 2.39. The Bertz CT molecular complexity index is 472. The number of oxime groups is 1. The Hall–Kier alpha value is -0.120. The molecule has 0 fully saturated rings. The van der Waals surface area contributed by atoms with Gasteiger partial charge in [0.1, 0.15) is 0 Å². The minimum absolute atomic E-state index is 0. The number of benzene rings is 1. The molecule has 7 heteroatoms. The van der Waals surface area contributed by atoms with Crippen LogP contribution < -0.4 is 24.0 Å². The fourth-order valence-corrected chi connectivity index (χ4v) is 2.68. The summed E-state index contributed by atoms with van der Waals surface area (Å²) in [5.74, 6) is 0.479. The number of thioether (sulfide) groups is 1. The van der Waals surface area contributed by atoms with Crippen LogP contribution in [0.5, 0.6) is 0 Å².